The van der Waals surface area contributed by atoms with Gasteiger partial charge in [0.15, 0.2) is 11.6 Å². The maximum atomic E-state index is 11.9. The summed E-state index contributed by atoms with van der Waals surface area (Å²) >= 11 is 4.29. The van der Waals surface area contributed by atoms with Crippen molar-refractivity contribution in [2.75, 3.05) is 5.75 Å². The van der Waals surface area contributed by atoms with Crippen LogP contribution in [0.4, 0.5) is 0 Å². The second-order valence-corrected chi connectivity index (χ2v) is 5.35. The van der Waals surface area contributed by atoms with Gasteiger partial charge in [0.2, 0.25) is 0 Å². The normalized spacial score (nSPS) is 22.2. The molecule has 0 saturated heterocycles. The van der Waals surface area contributed by atoms with E-state index in [0.717, 1.165) is 18.6 Å². The first-order valence-electron chi connectivity index (χ1n) is 6.62. The number of ketones is 2. The van der Waals surface area contributed by atoms with Crippen molar-refractivity contribution in [2.45, 2.75) is 46.0 Å². The molecule has 3 nitrogen and oxygen atoms in total. The van der Waals surface area contributed by atoms with E-state index in [4.69, 9.17) is 0 Å². The van der Waals surface area contributed by atoms with Crippen LogP contribution in [0.2, 0.25) is 0 Å². The van der Waals surface area contributed by atoms with Crippen molar-refractivity contribution in [1.82, 2.24) is 0 Å². The molecule has 0 amide bonds. The number of rotatable bonds is 6. The van der Waals surface area contributed by atoms with E-state index in [1.165, 1.54) is 0 Å². The summed E-state index contributed by atoms with van der Waals surface area (Å²) in [5, 5.41) is 9.89. The van der Waals surface area contributed by atoms with Gasteiger partial charge in [-0.15, -0.1) is 0 Å². The molecule has 1 rings (SSSR count). The average molecular weight is 270 g/mol. The molecule has 0 fully saturated rings. The Morgan fingerprint density at radius 2 is 2.11 bits per heavy atom. The number of Topliss-reactive ketones (excluding diaryl/α,β-unsaturated/α-hetero) is 2. The molecule has 2 unspecified atom stereocenters. The Hall–Kier alpha value is -0.770. The molecule has 0 aliphatic heterocycles. The number of aliphatic hydroxyl groups excluding tert-OH is 1. The number of carbonyl (C=O) groups excluding carboxylic acids is 2. The molecule has 18 heavy (non-hydrogen) atoms. The summed E-state index contributed by atoms with van der Waals surface area (Å²) in [5.74, 6) is 0.996. The van der Waals surface area contributed by atoms with Gasteiger partial charge in [-0.2, -0.15) is 12.6 Å². The fraction of sp³-hybridized carbons (Fsp3) is 0.714. The molecule has 0 saturated carbocycles. The molecule has 0 aromatic rings. The van der Waals surface area contributed by atoms with Crippen molar-refractivity contribution < 1.29 is 14.7 Å². The molecule has 102 valence electrons. The first-order valence-corrected chi connectivity index (χ1v) is 7.25. The van der Waals surface area contributed by atoms with Crippen molar-refractivity contribution in [3.05, 3.63) is 11.3 Å². The predicted octanol–water partition coefficient (Wildman–Crippen LogP) is 3.10. The van der Waals surface area contributed by atoms with Crippen LogP contribution < -0.4 is 0 Å². The fourth-order valence-corrected chi connectivity index (χ4v) is 2.88. The highest BCUT2D eigenvalue weighted by Crippen LogP contribution is 2.32. The van der Waals surface area contributed by atoms with E-state index < -0.39 is 0 Å². The number of thiol groups is 1. The van der Waals surface area contributed by atoms with Crippen LogP contribution in [0.3, 0.4) is 0 Å². The molecule has 2 atom stereocenters. The Bertz CT molecular complexity index is 356. The van der Waals surface area contributed by atoms with E-state index in [-0.39, 0.29) is 35.2 Å². The fourth-order valence-electron chi connectivity index (χ4n) is 2.47. The number of hydrogen-bond donors (Lipinski definition) is 2. The lowest BCUT2D eigenvalue weighted by atomic mass is 9.80. The Morgan fingerprint density at radius 3 is 2.56 bits per heavy atom. The molecule has 1 aliphatic carbocycles. The van der Waals surface area contributed by atoms with Crippen molar-refractivity contribution in [2.24, 2.45) is 11.8 Å². The van der Waals surface area contributed by atoms with E-state index in [2.05, 4.69) is 19.6 Å². The number of allylic oxidation sites excluding steroid dienone is 2. The van der Waals surface area contributed by atoms with E-state index in [1.54, 1.807) is 6.92 Å². The second kappa shape index (κ2) is 6.98. The van der Waals surface area contributed by atoms with Gasteiger partial charge >= 0.3 is 0 Å². The predicted molar refractivity (Wildman–Crippen MR) is 74.9 cm³/mol. The molecule has 0 aromatic carbocycles. The maximum Gasteiger partial charge on any atom is 0.170 e. The Morgan fingerprint density at radius 1 is 1.44 bits per heavy atom. The van der Waals surface area contributed by atoms with Gasteiger partial charge < -0.3 is 5.11 Å². The van der Waals surface area contributed by atoms with Crippen LogP contribution in [-0.2, 0) is 9.59 Å². The minimum Gasteiger partial charge on any atom is -0.511 e. The molecule has 0 bridgehead atoms. The zero-order chi connectivity index (χ0) is 13.7. The molecule has 1 N–H and O–H groups in total. The van der Waals surface area contributed by atoms with Crippen molar-refractivity contribution in [3.8, 4) is 0 Å². The number of carbonyl (C=O) groups is 2. The molecule has 4 heteroatoms. The van der Waals surface area contributed by atoms with E-state index in [9.17, 15) is 14.7 Å². The highest BCUT2D eigenvalue weighted by atomic mass is 32.1. The summed E-state index contributed by atoms with van der Waals surface area (Å²) in [6, 6.07) is 0. The van der Waals surface area contributed by atoms with Crippen LogP contribution in [0.15, 0.2) is 11.3 Å². The average Bonchev–Trinajstić information content (AvgIpc) is 2.34. The van der Waals surface area contributed by atoms with Gasteiger partial charge in [0.25, 0.3) is 0 Å². The lowest BCUT2D eigenvalue weighted by molar-refractivity contribution is -0.122. The standard InChI is InChI=1S/C14H22O3S/c1-3-9(8-18)5-10-6-12(16)14(11(15)4-2)13(17)7-10/h9-10,16,18H,3-8H2,1-2H3. The van der Waals surface area contributed by atoms with Crippen LogP contribution in [-0.4, -0.2) is 22.4 Å². The lowest BCUT2D eigenvalue weighted by Crippen LogP contribution is -2.25. The summed E-state index contributed by atoms with van der Waals surface area (Å²) in [7, 11) is 0. The smallest absolute Gasteiger partial charge is 0.170 e. The summed E-state index contributed by atoms with van der Waals surface area (Å²) in [6.07, 6.45) is 3.03. The Kier molecular flexibility index (Phi) is 5.93. The van der Waals surface area contributed by atoms with Crippen molar-refractivity contribution >= 4 is 24.2 Å². The van der Waals surface area contributed by atoms with Crippen molar-refractivity contribution in [3.63, 3.8) is 0 Å². The monoisotopic (exact) mass is 270 g/mol. The second-order valence-electron chi connectivity index (χ2n) is 4.99. The largest absolute Gasteiger partial charge is 0.511 e. The minimum absolute atomic E-state index is 0.00267. The first kappa shape index (κ1) is 15.3. The highest BCUT2D eigenvalue weighted by molar-refractivity contribution is 7.80. The maximum absolute atomic E-state index is 11.9. The minimum atomic E-state index is -0.239. The van der Waals surface area contributed by atoms with Crippen LogP contribution in [0.5, 0.6) is 0 Å². The van der Waals surface area contributed by atoms with Gasteiger partial charge in [-0.1, -0.05) is 20.3 Å². The SMILES string of the molecule is CCC(=O)C1=C(O)CC(CC(CC)CS)CC1=O. The van der Waals surface area contributed by atoms with E-state index >= 15 is 0 Å². The van der Waals surface area contributed by atoms with Crippen LogP contribution in [0.1, 0.15) is 46.0 Å². The third-order valence-corrected chi connectivity index (χ3v) is 4.14. The molecule has 0 heterocycles. The van der Waals surface area contributed by atoms with Crippen LogP contribution in [0.25, 0.3) is 0 Å². The summed E-state index contributed by atoms with van der Waals surface area (Å²) < 4.78 is 0. The van der Waals surface area contributed by atoms with Crippen molar-refractivity contribution in [1.29, 1.82) is 0 Å². The number of hydrogen-bond acceptors (Lipinski definition) is 4. The van der Waals surface area contributed by atoms with Gasteiger partial charge in [0, 0.05) is 19.3 Å². The highest BCUT2D eigenvalue weighted by Gasteiger charge is 2.31. The molecular weight excluding hydrogens is 248 g/mol. The summed E-state index contributed by atoms with van der Waals surface area (Å²) in [6.45, 7) is 3.81. The topological polar surface area (TPSA) is 54.4 Å². The molecule has 0 spiro atoms. The zero-order valence-corrected chi connectivity index (χ0v) is 12.0. The summed E-state index contributed by atoms with van der Waals surface area (Å²) in [4.78, 5) is 23.5. The summed E-state index contributed by atoms with van der Waals surface area (Å²) in [5.41, 5.74) is 0.0488. The van der Waals surface area contributed by atoms with Gasteiger partial charge in [0.1, 0.15) is 5.76 Å². The van der Waals surface area contributed by atoms with Gasteiger partial charge in [-0.25, -0.2) is 0 Å². The Balaban J connectivity index is 2.75. The van der Waals surface area contributed by atoms with Gasteiger partial charge in [-0.3, -0.25) is 9.59 Å². The molecule has 0 aromatic heterocycles. The molecule has 0 radical (unpaired) electrons. The molecular formula is C14H22O3S. The van der Waals surface area contributed by atoms with Crippen LogP contribution in [0, 0.1) is 11.8 Å². The van der Waals surface area contributed by atoms with Gasteiger partial charge in [-0.05, 0) is 24.0 Å². The third kappa shape index (κ3) is 3.61. The third-order valence-electron chi connectivity index (χ3n) is 3.63. The Labute approximate surface area is 114 Å². The quantitative estimate of drug-likeness (QED) is 0.576. The van der Waals surface area contributed by atoms with E-state index in [0.29, 0.717) is 18.8 Å². The number of aliphatic hydroxyl groups is 1. The lowest BCUT2D eigenvalue weighted by Gasteiger charge is -2.25. The van der Waals surface area contributed by atoms with Crippen LogP contribution >= 0.6 is 12.6 Å². The molecule has 1 aliphatic rings. The van der Waals surface area contributed by atoms with E-state index in [1.807, 2.05) is 0 Å². The first-order chi connectivity index (χ1) is 8.53. The van der Waals surface area contributed by atoms with Gasteiger partial charge in [0.05, 0.1) is 5.57 Å². The zero-order valence-electron chi connectivity index (χ0n) is 11.1.